The number of aromatic nitrogens is 1. The van der Waals surface area contributed by atoms with E-state index in [4.69, 9.17) is 10.00 Å². The number of piperazine rings is 1. The lowest BCUT2D eigenvalue weighted by Gasteiger charge is -2.35. The van der Waals surface area contributed by atoms with Gasteiger partial charge in [-0.05, 0) is 29.8 Å². The van der Waals surface area contributed by atoms with Crippen LogP contribution in [0.4, 0.5) is 5.82 Å². The van der Waals surface area contributed by atoms with E-state index in [0.29, 0.717) is 31.7 Å². The SMILES string of the molecule is COc1cccc(CN2CCN(c3ccc(C#N)cn3)CC2=O)c1. The molecule has 0 spiro atoms. The highest BCUT2D eigenvalue weighted by Crippen LogP contribution is 2.18. The van der Waals surface area contributed by atoms with Gasteiger partial charge in [0.2, 0.25) is 5.91 Å². The maximum atomic E-state index is 12.4. The summed E-state index contributed by atoms with van der Waals surface area (Å²) in [6.07, 6.45) is 1.53. The Kier molecular flexibility index (Phi) is 4.62. The van der Waals surface area contributed by atoms with Crippen LogP contribution in [0.15, 0.2) is 42.6 Å². The Balaban J connectivity index is 1.64. The van der Waals surface area contributed by atoms with Gasteiger partial charge in [0.25, 0.3) is 0 Å². The highest BCUT2D eigenvalue weighted by atomic mass is 16.5. The molecule has 0 unspecified atom stereocenters. The minimum atomic E-state index is 0.0650. The molecule has 6 nitrogen and oxygen atoms in total. The van der Waals surface area contributed by atoms with Crippen molar-refractivity contribution >= 4 is 11.7 Å². The molecule has 0 aliphatic carbocycles. The fourth-order valence-corrected chi connectivity index (χ4v) is 2.70. The number of rotatable bonds is 4. The van der Waals surface area contributed by atoms with E-state index in [0.717, 1.165) is 17.1 Å². The van der Waals surface area contributed by atoms with E-state index in [1.165, 1.54) is 6.20 Å². The number of anilines is 1. The van der Waals surface area contributed by atoms with Crippen LogP contribution in [0.3, 0.4) is 0 Å². The average Bonchev–Trinajstić information content (AvgIpc) is 2.63. The molecule has 122 valence electrons. The molecule has 6 heteroatoms. The number of nitrogens with zero attached hydrogens (tertiary/aromatic N) is 4. The Hall–Kier alpha value is -3.07. The number of hydrogen-bond donors (Lipinski definition) is 0. The first-order chi connectivity index (χ1) is 11.7. The van der Waals surface area contributed by atoms with Crippen LogP contribution in [0.25, 0.3) is 0 Å². The van der Waals surface area contributed by atoms with Gasteiger partial charge in [-0.2, -0.15) is 5.26 Å². The zero-order chi connectivity index (χ0) is 16.9. The van der Waals surface area contributed by atoms with E-state index in [-0.39, 0.29) is 5.91 Å². The lowest BCUT2D eigenvalue weighted by atomic mass is 10.2. The molecule has 3 rings (SSSR count). The zero-order valence-electron chi connectivity index (χ0n) is 13.5. The monoisotopic (exact) mass is 322 g/mol. The smallest absolute Gasteiger partial charge is 0.242 e. The number of hydrogen-bond acceptors (Lipinski definition) is 5. The fourth-order valence-electron chi connectivity index (χ4n) is 2.70. The quantitative estimate of drug-likeness (QED) is 0.858. The van der Waals surface area contributed by atoms with Gasteiger partial charge < -0.3 is 14.5 Å². The van der Waals surface area contributed by atoms with Crippen molar-refractivity contribution in [1.29, 1.82) is 5.26 Å². The number of methoxy groups -OCH3 is 1. The molecule has 1 aromatic carbocycles. The predicted octanol–water partition coefficient (Wildman–Crippen LogP) is 1.81. The first-order valence-corrected chi connectivity index (χ1v) is 7.71. The van der Waals surface area contributed by atoms with Crippen molar-refractivity contribution in [1.82, 2.24) is 9.88 Å². The van der Waals surface area contributed by atoms with Crippen molar-refractivity contribution in [2.24, 2.45) is 0 Å². The fraction of sp³-hybridized carbons (Fsp3) is 0.278. The van der Waals surface area contributed by atoms with Crippen LogP contribution in [0, 0.1) is 11.3 Å². The van der Waals surface area contributed by atoms with Crippen molar-refractivity contribution in [2.75, 3.05) is 31.6 Å². The molecule has 2 heterocycles. The molecule has 0 N–H and O–H groups in total. The van der Waals surface area contributed by atoms with Crippen molar-refractivity contribution in [3.05, 3.63) is 53.7 Å². The number of nitriles is 1. The van der Waals surface area contributed by atoms with Gasteiger partial charge in [0.1, 0.15) is 17.6 Å². The predicted molar refractivity (Wildman–Crippen MR) is 89.6 cm³/mol. The van der Waals surface area contributed by atoms with Gasteiger partial charge >= 0.3 is 0 Å². The minimum Gasteiger partial charge on any atom is -0.497 e. The highest BCUT2D eigenvalue weighted by molar-refractivity contribution is 5.82. The van der Waals surface area contributed by atoms with Crippen molar-refractivity contribution in [3.8, 4) is 11.8 Å². The zero-order valence-corrected chi connectivity index (χ0v) is 13.5. The highest BCUT2D eigenvalue weighted by Gasteiger charge is 2.24. The number of ether oxygens (including phenoxy) is 1. The summed E-state index contributed by atoms with van der Waals surface area (Å²) in [5, 5.41) is 8.82. The molecule has 1 aliphatic heterocycles. The van der Waals surface area contributed by atoms with E-state index in [1.807, 2.05) is 40.1 Å². The van der Waals surface area contributed by atoms with Crippen LogP contribution in [0.2, 0.25) is 0 Å². The Bertz CT molecular complexity index is 767. The second-order valence-corrected chi connectivity index (χ2v) is 5.61. The van der Waals surface area contributed by atoms with Gasteiger partial charge in [0, 0.05) is 25.8 Å². The van der Waals surface area contributed by atoms with Gasteiger partial charge in [-0.1, -0.05) is 12.1 Å². The Morgan fingerprint density at radius 1 is 1.29 bits per heavy atom. The molecule has 0 radical (unpaired) electrons. The third kappa shape index (κ3) is 3.46. The topological polar surface area (TPSA) is 69.5 Å². The summed E-state index contributed by atoms with van der Waals surface area (Å²) in [6, 6.07) is 13.3. The van der Waals surface area contributed by atoms with Crippen molar-refractivity contribution in [2.45, 2.75) is 6.54 Å². The summed E-state index contributed by atoms with van der Waals surface area (Å²) in [7, 11) is 1.63. The van der Waals surface area contributed by atoms with Gasteiger partial charge in [0.15, 0.2) is 0 Å². The number of benzene rings is 1. The molecule has 1 saturated heterocycles. The van der Waals surface area contributed by atoms with Gasteiger partial charge in [-0.15, -0.1) is 0 Å². The van der Waals surface area contributed by atoms with Gasteiger partial charge in [-0.25, -0.2) is 4.98 Å². The molecule has 1 aliphatic rings. The third-order valence-corrected chi connectivity index (χ3v) is 4.03. The maximum Gasteiger partial charge on any atom is 0.242 e. The second kappa shape index (κ2) is 7.01. The van der Waals surface area contributed by atoms with Gasteiger partial charge in [-0.3, -0.25) is 4.79 Å². The molecule has 1 aromatic heterocycles. The first-order valence-electron chi connectivity index (χ1n) is 7.71. The van der Waals surface area contributed by atoms with E-state index >= 15 is 0 Å². The summed E-state index contributed by atoms with van der Waals surface area (Å²) in [4.78, 5) is 20.5. The summed E-state index contributed by atoms with van der Waals surface area (Å²) in [5.74, 6) is 1.58. The molecule has 0 atom stereocenters. The molecular formula is C18H18N4O2. The lowest BCUT2D eigenvalue weighted by Crippen LogP contribution is -2.50. The third-order valence-electron chi connectivity index (χ3n) is 4.03. The number of amides is 1. The van der Waals surface area contributed by atoms with Crippen LogP contribution in [-0.2, 0) is 11.3 Å². The molecular weight excluding hydrogens is 304 g/mol. The minimum absolute atomic E-state index is 0.0650. The largest absolute Gasteiger partial charge is 0.497 e. The summed E-state index contributed by atoms with van der Waals surface area (Å²) >= 11 is 0. The lowest BCUT2D eigenvalue weighted by molar-refractivity contribution is -0.131. The van der Waals surface area contributed by atoms with E-state index in [1.54, 1.807) is 19.2 Å². The Morgan fingerprint density at radius 3 is 2.83 bits per heavy atom. The summed E-state index contributed by atoms with van der Waals surface area (Å²) in [5.41, 5.74) is 1.56. The number of carbonyl (C=O) groups is 1. The van der Waals surface area contributed by atoms with E-state index < -0.39 is 0 Å². The Morgan fingerprint density at radius 2 is 2.17 bits per heavy atom. The van der Waals surface area contributed by atoms with Crippen LogP contribution in [-0.4, -0.2) is 42.5 Å². The summed E-state index contributed by atoms with van der Waals surface area (Å²) < 4.78 is 5.22. The molecule has 0 saturated carbocycles. The van der Waals surface area contributed by atoms with Crippen LogP contribution >= 0.6 is 0 Å². The molecule has 2 aromatic rings. The standard InChI is InChI=1S/C18H18N4O2/c1-24-16-4-2-3-14(9-16)12-22-8-7-21(13-18(22)23)17-6-5-15(10-19)11-20-17/h2-6,9,11H,7-8,12-13H2,1H3. The molecule has 1 amide bonds. The Labute approximate surface area is 140 Å². The van der Waals surface area contributed by atoms with Crippen molar-refractivity contribution in [3.63, 3.8) is 0 Å². The van der Waals surface area contributed by atoms with Gasteiger partial charge in [0.05, 0.1) is 19.2 Å². The molecule has 0 bridgehead atoms. The average molecular weight is 322 g/mol. The second-order valence-electron chi connectivity index (χ2n) is 5.61. The number of pyridine rings is 1. The normalized spacial score (nSPS) is 14.4. The van der Waals surface area contributed by atoms with Crippen molar-refractivity contribution < 1.29 is 9.53 Å². The maximum absolute atomic E-state index is 12.4. The van der Waals surface area contributed by atoms with Crippen LogP contribution in [0.5, 0.6) is 5.75 Å². The first kappa shape index (κ1) is 15.8. The number of carbonyl (C=O) groups excluding carboxylic acids is 1. The van der Waals surface area contributed by atoms with E-state index in [2.05, 4.69) is 4.98 Å². The van der Waals surface area contributed by atoms with E-state index in [9.17, 15) is 4.79 Å². The van der Waals surface area contributed by atoms with Crippen LogP contribution < -0.4 is 9.64 Å². The molecule has 1 fully saturated rings. The van der Waals surface area contributed by atoms with Crippen LogP contribution in [0.1, 0.15) is 11.1 Å². The molecule has 24 heavy (non-hydrogen) atoms. The summed E-state index contributed by atoms with van der Waals surface area (Å²) in [6.45, 7) is 2.22.